The number of aryl methyl sites for hydroxylation is 1. The Kier molecular flexibility index (Phi) is 7.56. The van der Waals surface area contributed by atoms with Crippen LogP contribution in [0.1, 0.15) is 39.2 Å². The first kappa shape index (κ1) is 19.6. The minimum Gasteiger partial charge on any atom is -0.489 e. The lowest BCUT2D eigenvalue weighted by Gasteiger charge is -2.35. The van der Waals surface area contributed by atoms with Crippen molar-refractivity contribution < 1.29 is 4.74 Å². The molecule has 2 rings (SSSR count). The molecule has 1 heterocycles. The van der Waals surface area contributed by atoms with E-state index in [4.69, 9.17) is 4.74 Å². The second-order valence-corrected chi connectivity index (χ2v) is 7.24. The second-order valence-electron chi connectivity index (χ2n) is 7.24. The molecule has 5 heteroatoms. The highest BCUT2D eigenvalue weighted by atomic mass is 16.5. The summed E-state index contributed by atoms with van der Waals surface area (Å²) in [5, 5.41) is 6.93. The summed E-state index contributed by atoms with van der Waals surface area (Å²) < 4.78 is 5.94. The summed E-state index contributed by atoms with van der Waals surface area (Å²) >= 11 is 0. The van der Waals surface area contributed by atoms with Crippen LogP contribution in [0.15, 0.2) is 29.3 Å². The molecule has 1 aromatic carbocycles. The minimum absolute atomic E-state index is 0.0732. The number of hydrogen-bond donors (Lipinski definition) is 2. The van der Waals surface area contributed by atoms with Gasteiger partial charge in [-0.25, -0.2) is 0 Å². The average Bonchev–Trinajstić information content (AvgIpc) is 2.61. The quantitative estimate of drug-likeness (QED) is 0.614. The molecule has 1 aromatic rings. The molecule has 1 aliphatic heterocycles. The van der Waals surface area contributed by atoms with Gasteiger partial charge in [0.25, 0.3) is 0 Å². The zero-order valence-corrected chi connectivity index (χ0v) is 16.4. The molecule has 0 bridgehead atoms. The first-order valence-electron chi connectivity index (χ1n) is 9.42. The number of piperidine rings is 1. The van der Waals surface area contributed by atoms with Gasteiger partial charge in [0.15, 0.2) is 5.96 Å². The normalized spacial score (nSPS) is 18.2. The van der Waals surface area contributed by atoms with Crippen molar-refractivity contribution in [2.45, 2.75) is 58.7 Å². The van der Waals surface area contributed by atoms with Crippen molar-refractivity contribution in [3.63, 3.8) is 0 Å². The lowest BCUT2D eigenvalue weighted by Crippen LogP contribution is -2.50. The van der Waals surface area contributed by atoms with Gasteiger partial charge in [-0.3, -0.25) is 4.99 Å². The van der Waals surface area contributed by atoms with Gasteiger partial charge in [-0.1, -0.05) is 17.7 Å². The van der Waals surface area contributed by atoms with Crippen LogP contribution in [0.3, 0.4) is 0 Å². The van der Waals surface area contributed by atoms with E-state index in [9.17, 15) is 0 Å². The summed E-state index contributed by atoms with van der Waals surface area (Å²) in [5.41, 5.74) is 1.24. The first-order valence-corrected chi connectivity index (χ1v) is 9.42. The smallest absolute Gasteiger partial charge is 0.191 e. The number of ether oxygens (including phenoxy) is 1. The Morgan fingerprint density at radius 1 is 1.20 bits per heavy atom. The largest absolute Gasteiger partial charge is 0.489 e. The van der Waals surface area contributed by atoms with E-state index in [-0.39, 0.29) is 6.10 Å². The molecule has 1 aliphatic rings. The second kappa shape index (κ2) is 9.66. The topological polar surface area (TPSA) is 48.9 Å². The number of guanidine groups is 1. The summed E-state index contributed by atoms with van der Waals surface area (Å²) in [4.78, 5) is 6.89. The van der Waals surface area contributed by atoms with Crippen LogP contribution in [-0.2, 0) is 0 Å². The summed E-state index contributed by atoms with van der Waals surface area (Å²) in [6.45, 7) is 11.7. The Labute approximate surface area is 152 Å². The van der Waals surface area contributed by atoms with Crippen LogP contribution < -0.4 is 15.4 Å². The first-order chi connectivity index (χ1) is 12.0. The van der Waals surface area contributed by atoms with Gasteiger partial charge in [-0.2, -0.15) is 0 Å². The van der Waals surface area contributed by atoms with Crippen molar-refractivity contribution in [3.8, 4) is 5.75 Å². The van der Waals surface area contributed by atoms with E-state index in [1.54, 1.807) is 0 Å². The molecule has 0 saturated carbocycles. The highest BCUT2D eigenvalue weighted by molar-refractivity contribution is 5.80. The van der Waals surface area contributed by atoms with Gasteiger partial charge in [0.05, 0.1) is 6.54 Å². The molecule has 1 unspecified atom stereocenters. The predicted molar refractivity (Wildman–Crippen MR) is 105 cm³/mol. The Bertz CT molecular complexity index is 533. The molecule has 5 nitrogen and oxygen atoms in total. The van der Waals surface area contributed by atoms with Crippen molar-refractivity contribution in [1.82, 2.24) is 15.5 Å². The van der Waals surface area contributed by atoms with Gasteiger partial charge in [0.2, 0.25) is 0 Å². The molecule has 140 valence electrons. The zero-order chi connectivity index (χ0) is 18.2. The van der Waals surface area contributed by atoms with Crippen molar-refractivity contribution in [2.75, 3.05) is 26.7 Å². The molecule has 0 aromatic heterocycles. The summed E-state index contributed by atoms with van der Waals surface area (Å²) in [6.07, 6.45) is 2.40. The number of aliphatic imine (C=N–C) groups is 1. The fourth-order valence-corrected chi connectivity index (χ4v) is 3.08. The molecule has 2 N–H and O–H groups in total. The average molecular weight is 347 g/mol. The molecule has 0 spiro atoms. The molecule has 0 aliphatic carbocycles. The third kappa shape index (κ3) is 6.58. The van der Waals surface area contributed by atoms with Crippen molar-refractivity contribution >= 4 is 5.96 Å². The summed E-state index contributed by atoms with van der Waals surface area (Å²) in [5.74, 6) is 1.77. The van der Waals surface area contributed by atoms with E-state index in [1.807, 2.05) is 19.2 Å². The van der Waals surface area contributed by atoms with Crippen LogP contribution >= 0.6 is 0 Å². The van der Waals surface area contributed by atoms with Crippen LogP contribution in [0, 0.1) is 6.92 Å². The van der Waals surface area contributed by atoms with Crippen LogP contribution in [0.5, 0.6) is 5.75 Å². The molecule has 1 saturated heterocycles. The monoisotopic (exact) mass is 346 g/mol. The molecular formula is C20H34N4O. The highest BCUT2D eigenvalue weighted by Gasteiger charge is 2.21. The molecule has 0 amide bonds. The fraction of sp³-hybridized carbons (Fsp3) is 0.650. The van der Waals surface area contributed by atoms with Gasteiger partial charge in [-0.15, -0.1) is 0 Å². The number of benzene rings is 1. The SMILES string of the molecule is CN=C(NCC(C)Oc1ccc(C)cc1)NC1CCN(C(C)C)CC1. The maximum Gasteiger partial charge on any atom is 0.191 e. The van der Waals surface area contributed by atoms with Crippen LogP contribution in [0.25, 0.3) is 0 Å². The van der Waals surface area contributed by atoms with E-state index in [2.05, 4.69) is 60.4 Å². The number of hydrogen-bond acceptors (Lipinski definition) is 3. The molecule has 0 radical (unpaired) electrons. The van der Waals surface area contributed by atoms with Gasteiger partial charge in [0.1, 0.15) is 11.9 Å². The van der Waals surface area contributed by atoms with Crippen LogP contribution in [0.2, 0.25) is 0 Å². The fourth-order valence-electron chi connectivity index (χ4n) is 3.08. The van der Waals surface area contributed by atoms with E-state index in [1.165, 1.54) is 5.56 Å². The summed E-state index contributed by atoms with van der Waals surface area (Å²) in [7, 11) is 1.82. The van der Waals surface area contributed by atoms with Gasteiger partial charge in [0, 0.05) is 32.2 Å². The molecular weight excluding hydrogens is 312 g/mol. The predicted octanol–water partition coefficient (Wildman–Crippen LogP) is 2.80. The Balaban J connectivity index is 1.72. The molecule has 25 heavy (non-hydrogen) atoms. The highest BCUT2D eigenvalue weighted by Crippen LogP contribution is 2.14. The lowest BCUT2D eigenvalue weighted by molar-refractivity contribution is 0.167. The Morgan fingerprint density at radius 3 is 2.40 bits per heavy atom. The van der Waals surface area contributed by atoms with E-state index in [0.717, 1.165) is 44.2 Å². The van der Waals surface area contributed by atoms with E-state index >= 15 is 0 Å². The number of likely N-dealkylation sites (tertiary alicyclic amines) is 1. The van der Waals surface area contributed by atoms with E-state index in [0.29, 0.717) is 12.1 Å². The third-order valence-corrected chi connectivity index (χ3v) is 4.74. The minimum atomic E-state index is 0.0732. The van der Waals surface area contributed by atoms with Crippen LogP contribution in [-0.4, -0.2) is 55.7 Å². The molecule has 1 atom stereocenters. The van der Waals surface area contributed by atoms with E-state index < -0.39 is 0 Å². The van der Waals surface area contributed by atoms with Crippen molar-refractivity contribution in [2.24, 2.45) is 4.99 Å². The van der Waals surface area contributed by atoms with Crippen LogP contribution in [0.4, 0.5) is 0 Å². The Hall–Kier alpha value is -1.75. The summed E-state index contributed by atoms with van der Waals surface area (Å²) in [6, 6.07) is 9.30. The van der Waals surface area contributed by atoms with Crippen molar-refractivity contribution in [3.05, 3.63) is 29.8 Å². The van der Waals surface area contributed by atoms with Crippen molar-refractivity contribution in [1.29, 1.82) is 0 Å². The zero-order valence-electron chi connectivity index (χ0n) is 16.4. The third-order valence-electron chi connectivity index (χ3n) is 4.74. The maximum atomic E-state index is 5.94. The van der Waals surface area contributed by atoms with Gasteiger partial charge in [-0.05, 0) is 52.7 Å². The molecule has 1 fully saturated rings. The number of nitrogens with zero attached hydrogens (tertiary/aromatic N) is 2. The van der Waals surface area contributed by atoms with Gasteiger partial charge >= 0.3 is 0 Å². The lowest BCUT2D eigenvalue weighted by atomic mass is 10.0. The Morgan fingerprint density at radius 2 is 1.84 bits per heavy atom. The number of rotatable bonds is 6. The number of nitrogens with one attached hydrogen (secondary N) is 2. The maximum absolute atomic E-state index is 5.94. The van der Waals surface area contributed by atoms with Gasteiger partial charge < -0.3 is 20.3 Å². The standard InChI is InChI=1S/C20H34N4O/c1-15(2)24-12-10-18(11-13-24)23-20(21-5)22-14-17(4)25-19-8-6-16(3)7-9-19/h6-9,15,17-18H,10-14H2,1-5H3,(H2,21,22,23).